The number of carbonyl (C=O) groups is 2. The van der Waals surface area contributed by atoms with Crippen LogP contribution in [-0.4, -0.2) is 15.7 Å². The highest BCUT2D eigenvalue weighted by Crippen LogP contribution is 2.38. The molecule has 0 saturated carbocycles. The average molecular weight is 542 g/mol. The molecular weight excluding hydrogens is 527 g/mol. The van der Waals surface area contributed by atoms with Gasteiger partial charge in [-0.05, 0) is 60.3 Å². The first-order chi connectivity index (χ1) is 15.9. The molecule has 0 unspecified atom stereocenters. The van der Waals surface area contributed by atoms with Crippen molar-refractivity contribution in [2.45, 2.75) is 6.54 Å². The zero-order chi connectivity index (χ0) is 23.1. The van der Waals surface area contributed by atoms with E-state index in [9.17, 15) is 14.0 Å². The molecule has 33 heavy (non-hydrogen) atoms. The molecule has 0 aliphatic carbocycles. The van der Waals surface area contributed by atoms with E-state index in [1.807, 2.05) is 29.0 Å². The summed E-state index contributed by atoms with van der Waals surface area (Å²) in [5.74, 6) is -0.682. The fourth-order valence-corrected chi connectivity index (χ4v) is 5.18. The van der Waals surface area contributed by atoms with Gasteiger partial charge < -0.3 is 4.57 Å². The van der Waals surface area contributed by atoms with Crippen molar-refractivity contribution in [2.75, 3.05) is 4.90 Å². The number of aromatic nitrogens is 1. The van der Waals surface area contributed by atoms with E-state index < -0.39 is 5.91 Å². The number of halogens is 3. The van der Waals surface area contributed by atoms with Crippen LogP contribution < -0.4 is 4.90 Å². The Balaban J connectivity index is 1.56. The third kappa shape index (κ3) is 4.24. The first-order valence-electron chi connectivity index (χ1n) is 9.96. The van der Waals surface area contributed by atoms with Crippen molar-refractivity contribution in [1.29, 1.82) is 0 Å². The van der Waals surface area contributed by atoms with Gasteiger partial charge in [-0.3, -0.25) is 9.59 Å². The molecule has 2 amide bonds. The fourth-order valence-electron chi connectivity index (χ4n) is 3.80. The largest absolute Gasteiger partial charge is 0.342 e. The summed E-state index contributed by atoms with van der Waals surface area (Å²) in [4.78, 5) is 27.1. The van der Waals surface area contributed by atoms with Gasteiger partial charge in [-0.15, -0.1) is 0 Å². The monoisotopic (exact) mass is 540 g/mol. The topological polar surface area (TPSA) is 42.3 Å². The third-order valence-corrected chi connectivity index (χ3v) is 6.92. The number of carbonyl (C=O) groups excluding carboxylic acids is 2. The number of anilines is 1. The van der Waals surface area contributed by atoms with E-state index in [1.165, 1.54) is 6.07 Å². The Bertz CT molecular complexity index is 1470. The van der Waals surface area contributed by atoms with Crippen LogP contribution in [0.2, 0.25) is 5.02 Å². The molecule has 1 aliphatic rings. The lowest BCUT2D eigenvalue weighted by Gasteiger charge is -2.12. The summed E-state index contributed by atoms with van der Waals surface area (Å²) in [6.45, 7) is 0.336. The van der Waals surface area contributed by atoms with Crippen LogP contribution in [-0.2, 0) is 11.3 Å². The molecule has 3 aromatic carbocycles. The lowest BCUT2D eigenvalue weighted by atomic mass is 10.1. The van der Waals surface area contributed by atoms with Gasteiger partial charge in [0.2, 0.25) is 0 Å². The molecule has 2 heterocycles. The van der Waals surface area contributed by atoms with E-state index in [1.54, 1.807) is 48.5 Å². The van der Waals surface area contributed by atoms with Crippen molar-refractivity contribution in [1.82, 2.24) is 4.57 Å². The van der Waals surface area contributed by atoms with Crippen LogP contribution in [0.4, 0.5) is 14.9 Å². The first kappa shape index (κ1) is 21.9. The molecule has 0 bridgehead atoms. The molecule has 1 aliphatic heterocycles. The molecule has 0 radical (unpaired) electrons. The fraction of sp³-hybridized carbons (Fsp3) is 0.0400. The van der Waals surface area contributed by atoms with Gasteiger partial charge in [0.15, 0.2) is 0 Å². The van der Waals surface area contributed by atoms with Gasteiger partial charge in [0.25, 0.3) is 11.1 Å². The summed E-state index contributed by atoms with van der Waals surface area (Å²) in [7, 11) is 0. The molecular formula is C25H15BrClFN2O2S. The van der Waals surface area contributed by atoms with Crippen molar-refractivity contribution in [3.05, 3.63) is 104 Å². The number of thioether (sulfide) groups is 1. The maximum Gasteiger partial charge on any atom is 0.298 e. The summed E-state index contributed by atoms with van der Waals surface area (Å²) in [6, 6.07) is 19.1. The standard InChI is InChI=1S/C25H15BrClFN2O2S/c26-17-8-9-22-20(11-17)16(14-29(22)13-15-4-1-2-7-21(15)28)10-23-24(31)30(25(32)33-23)19-6-3-5-18(27)12-19/h1-12,14H,13H2/b23-10-. The van der Waals surface area contributed by atoms with Crippen LogP contribution >= 0.6 is 39.3 Å². The smallest absolute Gasteiger partial charge is 0.298 e. The highest BCUT2D eigenvalue weighted by Gasteiger charge is 2.36. The second-order valence-electron chi connectivity index (χ2n) is 7.46. The zero-order valence-electron chi connectivity index (χ0n) is 17.0. The van der Waals surface area contributed by atoms with Crippen molar-refractivity contribution < 1.29 is 14.0 Å². The molecule has 1 saturated heterocycles. The molecule has 1 aromatic heterocycles. The van der Waals surface area contributed by atoms with Gasteiger partial charge in [-0.2, -0.15) is 0 Å². The van der Waals surface area contributed by atoms with E-state index in [2.05, 4.69) is 15.9 Å². The quantitative estimate of drug-likeness (QED) is 0.251. The third-order valence-electron chi connectivity index (χ3n) is 5.32. The lowest BCUT2D eigenvalue weighted by molar-refractivity contribution is -0.113. The predicted octanol–water partition coefficient (Wildman–Crippen LogP) is 7.49. The molecule has 0 N–H and O–H groups in total. The van der Waals surface area contributed by atoms with Gasteiger partial charge in [-0.25, -0.2) is 9.29 Å². The van der Waals surface area contributed by atoms with Crippen LogP contribution in [0.25, 0.3) is 17.0 Å². The van der Waals surface area contributed by atoms with Gasteiger partial charge >= 0.3 is 0 Å². The van der Waals surface area contributed by atoms with Gasteiger partial charge in [-0.1, -0.05) is 51.8 Å². The number of nitrogens with zero attached hydrogens (tertiary/aromatic N) is 2. The Kier molecular flexibility index (Phi) is 5.86. The SMILES string of the molecule is O=C1S/C(=C\c2cn(Cc3ccccc3F)c3ccc(Br)cc23)C(=O)N1c1cccc(Cl)c1. The molecule has 4 nitrogen and oxygen atoms in total. The van der Waals surface area contributed by atoms with Crippen molar-refractivity contribution >= 4 is 73.1 Å². The van der Waals surface area contributed by atoms with E-state index in [-0.39, 0.29) is 11.1 Å². The minimum atomic E-state index is -0.405. The number of hydrogen-bond acceptors (Lipinski definition) is 3. The number of hydrogen-bond donors (Lipinski definition) is 0. The second kappa shape index (κ2) is 8.82. The molecule has 8 heteroatoms. The summed E-state index contributed by atoms with van der Waals surface area (Å²) in [5.41, 5.74) is 2.64. The van der Waals surface area contributed by atoms with E-state index in [0.29, 0.717) is 27.7 Å². The average Bonchev–Trinajstić information content (AvgIpc) is 3.25. The number of fused-ring (bicyclic) bond motifs is 1. The normalized spacial score (nSPS) is 15.2. The van der Waals surface area contributed by atoms with Crippen molar-refractivity contribution in [2.24, 2.45) is 0 Å². The van der Waals surface area contributed by atoms with Crippen molar-refractivity contribution in [3.8, 4) is 0 Å². The summed E-state index contributed by atoms with van der Waals surface area (Å²) >= 11 is 10.4. The van der Waals surface area contributed by atoms with E-state index >= 15 is 0 Å². The Morgan fingerprint density at radius 3 is 2.64 bits per heavy atom. The van der Waals surface area contributed by atoms with E-state index in [4.69, 9.17) is 11.6 Å². The van der Waals surface area contributed by atoms with Crippen LogP contribution in [0.1, 0.15) is 11.1 Å². The number of imide groups is 1. The van der Waals surface area contributed by atoms with Gasteiger partial charge in [0.1, 0.15) is 5.82 Å². The van der Waals surface area contributed by atoms with Crippen LogP contribution in [0.5, 0.6) is 0 Å². The maximum atomic E-state index is 14.3. The van der Waals surface area contributed by atoms with Crippen molar-refractivity contribution in [3.63, 3.8) is 0 Å². The first-order valence-corrected chi connectivity index (χ1v) is 11.9. The highest BCUT2D eigenvalue weighted by molar-refractivity contribution is 9.10. The molecule has 164 valence electrons. The molecule has 0 spiro atoms. The van der Waals surface area contributed by atoms with Crippen LogP contribution in [0, 0.1) is 5.82 Å². The lowest BCUT2D eigenvalue weighted by Crippen LogP contribution is -2.27. The molecule has 4 aromatic rings. The predicted molar refractivity (Wildman–Crippen MR) is 135 cm³/mol. The Labute approximate surface area is 206 Å². The van der Waals surface area contributed by atoms with Crippen LogP contribution in [0.3, 0.4) is 0 Å². The minimum Gasteiger partial charge on any atom is -0.342 e. The maximum absolute atomic E-state index is 14.3. The number of amides is 2. The highest BCUT2D eigenvalue weighted by atomic mass is 79.9. The molecule has 0 atom stereocenters. The zero-order valence-corrected chi connectivity index (χ0v) is 20.1. The number of benzene rings is 3. The number of rotatable bonds is 4. The summed E-state index contributed by atoms with van der Waals surface area (Å²) in [5, 5.41) is 0.941. The van der Waals surface area contributed by atoms with Gasteiger partial charge in [0.05, 0.1) is 17.1 Å². The summed E-state index contributed by atoms with van der Waals surface area (Å²) in [6.07, 6.45) is 3.58. The Morgan fingerprint density at radius 2 is 1.85 bits per heavy atom. The second-order valence-corrected chi connectivity index (χ2v) is 9.81. The van der Waals surface area contributed by atoms with Gasteiger partial charge in [0, 0.05) is 37.7 Å². The van der Waals surface area contributed by atoms with Crippen LogP contribution in [0.15, 0.2) is 82.3 Å². The Morgan fingerprint density at radius 1 is 1.03 bits per heavy atom. The molecule has 5 rings (SSSR count). The van der Waals surface area contributed by atoms with E-state index in [0.717, 1.165) is 37.6 Å². The minimum absolute atomic E-state index is 0.277. The Hall–Kier alpha value is -2.87. The molecule has 1 fully saturated rings. The summed E-state index contributed by atoms with van der Waals surface area (Å²) < 4.78 is 17.1.